The number of carbonyl (C=O) groups excluding carboxylic acids is 5. The molecule has 6 rings (SSSR count). The monoisotopic (exact) mass is 2050 g/mol. The first-order valence-electron chi connectivity index (χ1n) is 51.1. The van der Waals surface area contributed by atoms with E-state index >= 15 is 0 Å². The Bertz CT molecular complexity index is 3680. The molecule has 26 N–H and O–H groups in total. The van der Waals surface area contributed by atoms with Gasteiger partial charge in [0.1, 0.15) is 122 Å². The maximum absolute atomic E-state index is 14.5. The van der Waals surface area contributed by atoms with Crippen LogP contribution in [0.1, 0.15) is 286 Å². The molecule has 6 aliphatic rings. The highest BCUT2D eigenvalue weighted by molar-refractivity contribution is 5.79. The molecular formula is C96H168N4O42. The number of nitrogens with one attached hydrogen (secondary N) is 4. The van der Waals surface area contributed by atoms with Gasteiger partial charge in [-0.2, -0.15) is 0 Å². The fourth-order valence-electron chi connectivity index (χ4n) is 19.3. The molecule has 0 spiro atoms. The lowest BCUT2D eigenvalue weighted by atomic mass is 9.86. The quantitative estimate of drug-likeness (QED) is 0.0254. The first-order chi connectivity index (χ1) is 67.6. The minimum atomic E-state index is -3.71. The SMILES string of the molecule is CCCCCCCCCCCCCC=C[C@@H](O)[C@H](CO[C@@H]1O[C@H](CO)[C@@H](O[C@@H]2O[C@H](CO)[C@H](O[C@@H]3O[C@H](CO)[C@H](O)[C@H](O)[C@H]3CC(C)=O)[C@H](O[C@]3(C(=O)O)C[C@H](O)[C@@H](NC(C)=O)C([C@H](O)[C@@H](CO)O[C@]4(C(=O)O)C[C@H](O)[C@@H](NC(C)=O)C([C@H](O)[C@@H](CO)O[C@]5(C(=O)O)C[C@H](O)[C@@H](NC(C)=O)C([C@H](O)[C@H](O)CO)O5)O4)O3)[C@H]2O)[C@H](O)[C@H]1O)NC(=O)CCCCCCCCCCCCCCCCCCCCCCC. The highest BCUT2D eigenvalue weighted by Crippen LogP contribution is 2.45. The van der Waals surface area contributed by atoms with Crippen molar-refractivity contribution in [2.45, 2.75) is 492 Å². The number of aliphatic hydroxyl groups excluding tert-OH is 19. The van der Waals surface area contributed by atoms with Gasteiger partial charge < -0.3 is 195 Å². The maximum atomic E-state index is 14.5. The van der Waals surface area contributed by atoms with E-state index in [0.717, 1.165) is 91.9 Å². The zero-order valence-electron chi connectivity index (χ0n) is 83.0. The molecule has 142 heavy (non-hydrogen) atoms. The van der Waals surface area contributed by atoms with Crippen LogP contribution in [-0.4, -0.2) is 413 Å². The van der Waals surface area contributed by atoms with Gasteiger partial charge in [0.15, 0.2) is 18.9 Å². The van der Waals surface area contributed by atoms with E-state index in [9.17, 15) is 151 Å². The van der Waals surface area contributed by atoms with Crippen molar-refractivity contribution < 1.29 is 208 Å². The molecule has 0 bridgehead atoms. The molecule has 6 heterocycles. The predicted octanol–water partition coefficient (Wildman–Crippen LogP) is -1.09. The molecular weight excluding hydrogens is 1880 g/mol. The van der Waals surface area contributed by atoms with E-state index in [1.165, 1.54) is 141 Å². The third-order valence-corrected chi connectivity index (χ3v) is 27.3. The lowest BCUT2D eigenvalue weighted by molar-refractivity contribution is -0.404. The van der Waals surface area contributed by atoms with Gasteiger partial charge in [-0.1, -0.05) is 219 Å². The molecule has 824 valence electrons. The van der Waals surface area contributed by atoms with Crippen molar-refractivity contribution in [3.63, 3.8) is 0 Å². The van der Waals surface area contributed by atoms with Crippen LogP contribution < -0.4 is 21.3 Å². The van der Waals surface area contributed by atoms with Gasteiger partial charge >= 0.3 is 17.9 Å². The minimum absolute atomic E-state index is 0.0837. The Morgan fingerprint density at radius 3 is 1.15 bits per heavy atom. The van der Waals surface area contributed by atoms with E-state index in [-0.39, 0.29) is 6.42 Å². The molecule has 3 unspecified atom stereocenters. The average molecular weight is 2050 g/mol. The smallest absolute Gasteiger partial charge is 0.364 e. The van der Waals surface area contributed by atoms with Crippen LogP contribution in [-0.2, 0) is 95.2 Å². The Kier molecular flexibility index (Phi) is 56.5. The number of carboxylic acid groups (broad SMARTS) is 3. The van der Waals surface area contributed by atoms with E-state index < -0.39 is 332 Å². The number of aliphatic carboxylic acids is 3. The van der Waals surface area contributed by atoms with Crippen LogP contribution in [0, 0.1) is 5.92 Å². The van der Waals surface area contributed by atoms with Crippen LogP contribution in [0.25, 0.3) is 0 Å². The number of rotatable bonds is 70. The number of Topliss-reactive ketones (excluding diaryl/α,β-unsaturated/α-hetero) is 1. The number of amides is 4. The second-order valence-electron chi connectivity index (χ2n) is 38.9. The Balaban J connectivity index is 1.28. The standard InChI is InChI=1S/C96H168N4O42/c1-7-9-11-13-15-17-19-21-22-23-24-25-26-27-28-30-32-34-36-38-40-42-70(116)100-59(60(111)41-39-37-35-33-31-29-20-18-16-14-12-10-8-2)53-131-89-80(123)79(122)82(68(51-105)133-89)135-90-81(124)87(83(69(52-106)134-90)136-88-58(43-54(3)107)74(117)76(119)65(48-102)132-88)142-96(93(129)130)46-63(114)73(99-57(6)110)86(141-96)78(121)67(50-104)138-95(92(127)128)45-62(113)72(98-56(5)109)85(140-95)77(120)66(49-103)137-94(91(125)126)44-61(112)71(97-55(4)108)84(139-94)75(118)64(115)47-101/h39,41,58-69,71-90,101-106,111-115,117-124H,7-38,40,42-53H2,1-6H3,(H,97,108)(H,98,109)(H,99,110)(H,100,116)(H,125,126)(H,127,128)(H,129,130)/t58-,59+,60-,61+,62+,63+,64-,65-,66-,67-,68-,69-,71-,72-,73-,74-,75-,76+,77-,78-,79-,80-,81-,82-,83+,84?,85?,86?,87-,88+,89-,90+,94-,95-,96+/m1/s1. The predicted molar refractivity (Wildman–Crippen MR) is 497 cm³/mol. The molecule has 6 saturated heterocycles. The normalized spacial score (nSPS) is 33.1. The van der Waals surface area contributed by atoms with Gasteiger partial charge in [-0.3, -0.25) is 19.2 Å². The maximum Gasteiger partial charge on any atom is 0.364 e. The van der Waals surface area contributed by atoms with Crippen molar-refractivity contribution in [3.05, 3.63) is 12.2 Å². The van der Waals surface area contributed by atoms with Crippen LogP contribution in [0.5, 0.6) is 0 Å². The van der Waals surface area contributed by atoms with Crippen LogP contribution in [0.2, 0.25) is 0 Å². The highest BCUT2D eigenvalue weighted by Gasteiger charge is 2.65. The molecule has 6 aliphatic heterocycles. The summed E-state index contributed by atoms with van der Waals surface area (Å²) in [6, 6.07) is -7.29. The van der Waals surface area contributed by atoms with Crippen molar-refractivity contribution in [1.82, 2.24) is 21.3 Å². The number of aliphatic hydroxyl groups is 19. The summed E-state index contributed by atoms with van der Waals surface area (Å²) in [5.74, 6) is -23.6. The third kappa shape index (κ3) is 37.6. The van der Waals surface area contributed by atoms with Crippen molar-refractivity contribution in [1.29, 1.82) is 0 Å². The summed E-state index contributed by atoms with van der Waals surface area (Å²) in [6.07, 6.45) is -25.8. The number of ether oxygens (including phenoxy) is 12. The van der Waals surface area contributed by atoms with Crippen molar-refractivity contribution in [3.8, 4) is 0 Å². The van der Waals surface area contributed by atoms with E-state index in [1.54, 1.807) is 6.08 Å². The summed E-state index contributed by atoms with van der Waals surface area (Å²) < 4.78 is 72.1. The highest BCUT2D eigenvalue weighted by atomic mass is 16.8. The lowest BCUT2D eigenvalue weighted by Gasteiger charge is -2.53. The van der Waals surface area contributed by atoms with Gasteiger partial charge in [-0.05, 0) is 26.2 Å². The number of hydrogen-bond acceptors (Lipinski definition) is 39. The van der Waals surface area contributed by atoms with Gasteiger partial charge in [-0.15, -0.1) is 0 Å². The lowest BCUT2D eigenvalue weighted by Crippen LogP contribution is -2.72. The number of ketones is 1. The van der Waals surface area contributed by atoms with Gasteiger partial charge in [-0.25, -0.2) is 14.4 Å². The molecule has 0 saturated carbocycles. The summed E-state index contributed by atoms with van der Waals surface area (Å²) >= 11 is 0. The molecule has 0 aromatic rings. The molecule has 0 aromatic heterocycles. The van der Waals surface area contributed by atoms with E-state index in [2.05, 4.69) is 35.1 Å². The van der Waals surface area contributed by atoms with E-state index in [4.69, 9.17) is 56.8 Å². The van der Waals surface area contributed by atoms with Crippen molar-refractivity contribution in [2.75, 3.05) is 46.2 Å². The zero-order chi connectivity index (χ0) is 105. The second kappa shape index (κ2) is 64.1. The molecule has 46 heteroatoms. The van der Waals surface area contributed by atoms with Gasteiger partial charge in [0.2, 0.25) is 23.6 Å². The number of carbonyl (C=O) groups is 8. The largest absolute Gasteiger partial charge is 0.477 e. The van der Waals surface area contributed by atoms with Gasteiger partial charge in [0.25, 0.3) is 17.4 Å². The summed E-state index contributed by atoms with van der Waals surface area (Å²) in [5, 5.41) is 262. The fourth-order valence-corrected chi connectivity index (χ4v) is 19.3. The summed E-state index contributed by atoms with van der Waals surface area (Å²) in [6.45, 7) is -0.558. The van der Waals surface area contributed by atoms with Crippen molar-refractivity contribution >= 4 is 47.3 Å². The molecule has 0 aliphatic carbocycles. The van der Waals surface area contributed by atoms with Gasteiger partial charge in [0.05, 0.1) is 101 Å². The topological polar surface area (TPSA) is 741 Å². The molecule has 46 nitrogen and oxygen atoms in total. The number of unbranched alkanes of at least 4 members (excludes halogenated alkanes) is 31. The number of allylic oxidation sites excluding steroid dienone is 1. The zero-order valence-corrected chi connectivity index (χ0v) is 83.0. The van der Waals surface area contributed by atoms with Crippen LogP contribution in [0.4, 0.5) is 0 Å². The number of carboxylic acids is 3. The molecule has 0 radical (unpaired) electrons. The summed E-state index contributed by atoms with van der Waals surface area (Å²) in [7, 11) is 0. The first kappa shape index (κ1) is 125. The molecule has 0 aromatic carbocycles. The van der Waals surface area contributed by atoms with Crippen molar-refractivity contribution in [2.24, 2.45) is 5.92 Å². The van der Waals surface area contributed by atoms with E-state index in [0.29, 0.717) is 12.8 Å². The molecule has 6 fully saturated rings. The average Bonchev–Trinajstić information content (AvgIpc) is 0.744. The minimum Gasteiger partial charge on any atom is -0.477 e. The van der Waals surface area contributed by atoms with Crippen LogP contribution >= 0.6 is 0 Å². The summed E-state index contributed by atoms with van der Waals surface area (Å²) in [4.78, 5) is 107. The third-order valence-electron chi connectivity index (χ3n) is 27.3. The van der Waals surface area contributed by atoms with Gasteiger partial charge in [0, 0.05) is 58.8 Å². The van der Waals surface area contributed by atoms with Crippen LogP contribution in [0.15, 0.2) is 12.2 Å². The van der Waals surface area contributed by atoms with Crippen LogP contribution in [0.3, 0.4) is 0 Å². The first-order valence-corrected chi connectivity index (χ1v) is 51.1. The van der Waals surface area contributed by atoms with E-state index in [1.807, 2.05) is 0 Å². The summed E-state index contributed by atoms with van der Waals surface area (Å²) in [5.41, 5.74) is 0. The Hall–Kier alpha value is -5.54. The second-order valence-corrected chi connectivity index (χ2v) is 38.9. The molecule has 35 atom stereocenters. The molecule has 4 amide bonds. The fraction of sp³-hybridized carbons (Fsp3) is 0.896. The Morgan fingerprint density at radius 2 is 0.768 bits per heavy atom. The Labute approximate surface area is 829 Å². The Morgan fingerprint density at radius 1 is 0.401 bits per heavy atom. The number of hydrogen-bond donors (Lipinski definition) is 26.